The second-order valence-corrected chi connectivity index (χ2v) is 6.27. The maximum atomic E-state index is 12.3. The Hall–Kier alpha value is -1.74. The van der Waals surface area contributed by atoms with E-state index < -0.39 is 0 Å². The Morgan fingerprint density at radius 1 is 1.10 bits per heavy atom. The third-order valence-corrected chi connectivity index (χ3v) is 4.86. The van der Waals surface area contributed by atoms with Crippen LogP contribution in [0.1, 0.15) is 27.9 Å². The quantitative estimate of drug-likeness (QED) is 0.612. The molecule has 0 fully saturated rings. The van der Waals surface area contributed by atoms with Gasteiger partial charge >= 0.3 is 0 Å². The molecule has 0 N–H and O–H groups in total. The Balaban J connectivity index is 1.63. The van der Waals surface area contributed by atoms with Crippen molar-refractivity contribution >= 4 is 17.5 Å². The van der Waals surface area contributed by atoms with E-state index in [1.165, 1.54) is 17.5 Å². The number of carbonyl (C=O) groups excluding carboxylic acids is 1. The van der Waals surface area contributed by atoms with Gasteiger partial charge in [-0.2, -0.15) is 0 Å². The van der Waals surface area contributed by atoms with Crippen LogP contribution < -0.4 is 4.74 Å². The van der Waals surface area contributed by atoms with Crippen molar-refractivity contribution in [3.63, 3.8) is 0 Å². The van der Waals surface area contributed by atoms with E-state index in [2.05, 4.69) is 12.1 Å². The summed E-state index contributed by atoms with van der Waals surface area (Å²) < 4.78 is 5.13. The van der Waals surface area contributed by atoms with E-state index >= 15 is 0 Å². The summed E-state index contributed by atoms with van der Waals surface area (Å²) in [4.78, 5) is 13.4. The molecular weight excluding hydrogens is 280 g/mol. The highest BCUT2D eigenvalue weighted by Gasteiger charge is 2.14. The van der Waals surface area contributed by atoms with Gasteiger partial charge in [0.1, 0.15) is 5.75 Å². The van der Waals surface area contributed by atoms with Gasteiger partial charge in [0, 0.05) is 10.5 Å². The van der Waals surface area contributed by atoms with Crippen LogP contribution in [0.2, 0.25) is 0 Å². The van der Waals surface area contributed by atoms with Gasteiger partial charge in [-0.1, -0.05) is 12.1 Å². The van der Waals surface area contributed by atoms with Crippen molar-refractivity contribution < 1.29 is 9.53 Å². The summed E-state index contributed by atoms with van der Waals surface area (Å²) in [6.07, 6.45) is 3.49. The van der Waals surface area contributed by atoms with E-state index in [4.69, 9.17) is 4.74 Å². The lowest BCUT2D eigenvalue weighted by atomic mass is 10.0. The fraction of sp³-hybridized carbons (Fsp3) is 0.278. The lowest BCUT2D eigenvalue weighted by molar-refractivity contribution is 0.102. The van der Waals surface area contributed by atoms with Crippen LogP contribution in [0.15, 0.2) is 47.4 Å². The molecule has 2 aromatic carbocycles. The maximum Gasteiger partial charge on any atom is 0.173 e. The Kier molecular flexibility index (Phi) is 4.30. The number of ether oxygens (including phenoxy) is 1. The molecule has 3 rings (SSSR count). The number of hydrogen-bond donors (Lipinski definition) is 0. The van der Waals surface area contributed by atoms with E-state index in [1.54, 1.807) is 18.9 Å². The first-order valence-corrected chi connectivity index (χ1v) is 8.16. The number of rotatable bonds is 5. The summed E-state index contributed by atoms with van der Waals surface area (Å²) in [6.45, 7) is 0. The van der Waals surface area contributed by atoms with Gasteiger partial charge < -0.3 is 4.74 Å². The van der Waals surface area contributed by atoms with Crippen LogP contribution in [-0.2, 0) is 12.8 Å². The fourth-order valence-corrected chi connectivity index (χ4v) is 3.44. The predicted molar refractivity (Wildman–Crippen MR) is 86.5 cm³/mol. The van der Waals surface area contributed by atoms with Crippen molar-refractivity contribution in [1.82, 2.24) is 0 Å². The van der Waals surface area contributed by atoms with E-state index in [9.17, 15) is 4.79 Å². The second-order valence-electron chi connectivity index (χ2n) is 5.22. The number of methoxy groups -OCH3 is 1. The molecule has 1 aliphatic carbocycles. The van der Waals surface area contributed by atoms with Gasteiger partial charge in [0.2, 0.25) is 0 Å². The van der Waals surface area contributed by atoms with Crippen molar-refractivity contribution in [2.24, 2.45) is 0 Å². The van der Waals surface area contributed by atoms with Crippen molar-refractivity contribution in [1.29, 1.82) is 0 Å². The van der Waals surface area contributed by atoms with Gasteiger partial charge in [-0.25, -0.2) is 0 Å². The third kappa shape index (κ3) is 3.30. The zero-order valence-electron chi connectivity index (χ0n) is 12.1. The van der Waals surface area contributed by atoms with E-state index in [0.29, 0.717) is 5.75 Å². The number of carbonyl (C=O) groups is 1. The van der Waals surface area contributed by atoms with Crippen LogP contribution in [0.25, 0.3) is 0 Å². The number of benzene rings is 2. The summed E-state index contributed by atoms with van der Waals surface area (Å²) in [7, 11) is 1.65. The standard InChI is InChI=1S/C18H18O2S/c1-20-16-7-9-17(10-8-16)21-12-18(19)15-6-5-13-3-2-4-14(13)11-15/h5-11H,2-4,12H2,1H3. The minimum absolute atomic E-state index is 0.200. The number of hydrogen-bond acceptors (Lipinski definition) is 3. The molecule has 0 aliphatic heterocycles. The molecule has 0 unspecified atom stereocenters. The highest BCUT2D eigenvalue weighted by molar-refractivity contribution is 8.00. The number of thioether (sulfide) groups is 1. The predicted octanol–water partition coefficient (Wildman–Crippen LogP) is 4.16. The Morgan fingerprint density at radius 2 is 1.86 bits per heavy atom. The molecule has 1 aliphatic rings. The van der Waals surface area contributed by atoms with Gasteiger partial charge in [-0.3, -0.25) is 4.79 Å². The Bertz CT molecular complexity index is 647. The summed E-state index contributed by atoms with van der Waals surface area (Å²) in [5.74, 6) is 1.51. The molecule has 0 aromatic heterocycles. The molecule has 0 amide bonds. The molecule has 3 heteroatoms. The number of fused-ring (bicyclic) bond motifs is 1. The van der Waals surface area contributed by atoms with Gasteiger partial charge in [0.05, 0.1) is 12.9 Å². The lowest BCUT2D eigenvalue weighted by Crippen LogP contribution is -2.03. The Labute approximate surface area is 129 Å². The number of ketones is 1. The van der Waals surface area contributed by atoms with Gasteiger partial charge in [0.15, 0.2) is 5.78 Å². The van der Waals surface area contributed by atoms with Crippen LogP contribution in [0.4, 0.5) is 0 Å². The van der Waals surface area contributed by atoms with Crippen molar-refractivity contribution in [3.8, 4) is 5.75 Å². The minimum Gasteiger partial charge on any atom is -0.497 e. The van der Waals surface area contributed by atoms with Gasteiger partial charge in [-0.15, -0.1) is 11.8 Å². The molecule has 0 heterocycles. The van der Waals surface area contributed by atoms with E-state index in [0.717, 1.165) is 29.1 Å². The van der Waals surface area contributed by atoms with Crippen molar-refractivity contribution in [3.05, 3.63) is 59.2 Å². The zero-order chi connectivity index (χ0) is 14.7. The minimum atomic E-state index is 0.200. The van der Waals surface area contributed by atoms with Crippen LogP contribution >= 0.6 is 11.8 Å². The average molecular weight is 298 g/mol. The lowest BCUT2D eigenvalue weighted by Gasteiger charge is -2.05. The third-order valence-electron chi connectivity index (χ3n) is 3.85. The Morgan fingerprint density at radius 3 is 2.62 bits per heavy atom. The molecule has 21 heavy (non-hydrogen) atoms. The highest BCUT2D eigenvalue weighted by Crippen LogP contribution is 2.25. The van der Waals surface area contributed by atoms with Crippen molar-refractivity contribution in [2.75, 3.05) is 12.9 Å². The molecular formula is C18H18O2S. The maximum absolute atomic E-state index is 12.3. The number of Topliss-reactive ketones (excluding diaryl/α,β-unsaturated/α-hetero) is 1. The van der Waals surface area contributed by atoms with Crippen LogP contribution in [-0.4, -0.2) is 18.6 Å². The second kappa shape index (κ2) is 6.35. The van der Waals surface area contributed by atoms with E-state index in [-0.39, 0.29) is 5.78 Å². The number of aryl methyl sites for hydroxylation is 2. The summed E-state index contributed by atoms with van der Waals surface area (Å²) in [5.41, 5.74) is 3.61. The van der Waals surface area contributed by atoms with Crippen LogP contribution in [0.5, 0.6) is 5.75 Å². The fourth-order valence-electron chi connectivity index (χ4n) is 2.65. The SMILES string of the molecule is COc1ccc(SCC(=O)c2ccc3c(c2)CCC3)cc1. The molecule has 0 saturated carbocycles. The molecule has 0 bridgehead atoms. The topological polar surface area (TPSA) is 26.3 Å². The monoisotopic (exact) mass is 298 g/mol. The molecule has 0 atom stereocenters. The molecule has 108 valence electrons. The first-order chi connectivity index (χ1) is 10.3. The normalized spacial score (nSPS) is 13.0. The zero-order valence-corrected chi connectivity index (χ0v) is 12.9. The first kappa shape index (κ1) is 14.2. The van der Waals surface area contributed by atoms with Gasteiger partial charge in [0.25, 0.3) is 0 Å². The molecule has 0 saturated heterocycles. The summed E-state index contributed by atoms with van der Waals surface area (Å²) >= 11 is 1.57. The molecule has 0 radical (unpaired) electrons. The van der Waals surface area contributed by atoms with Crippen LogP contribution in [0, 0.1) is 0 Å². The molecule has 0 spiro atoms. The van der Waals surface area contributed by atoms with E-state index in [1.807, 2.05) is 30.3 Å². The summed E-state index contributed by atoms with van der Waals surface area (Å²) in [6, 6.07) is 14.0. The molecule has 2 aromatic rings. The highest BCUT2D eigenvalue weighted by atomic mass is 32.2. The van der Waals surface area contributed by atoms with Gasteiger partial charge in [-0.05, 0) is 60.7 Å². The smallest absolute Gasteiger partial charge is 0.173 e. The van der Waals surface area contributed by atoms with Crippen molar-refractivity contribution in [2.45, 2.75) is 24.2 Å². The average Bonchev–Trinajstić information content (AvgIpc) is 3.00. The van der Waals surface area contributed by atoms with Crippen LogP contribution in [0.3, 0.4) is 0 Å². The first-order valence-electron chi connectivity index (χ1n) is 7.18. The summed E-state index contributed by atoms with van der Waals surface area (Å²) in [5, 5.41) is 0. The largest absolute Gasteiger partial charge is 0.497 e. The molecule has 2 nitrogen and oxygen atoms in total.